The lowest BCUT2D eigenvalue weighted by Crippen LogP contribution is -2.49. The lowest BCUT2D eigenvalue weighted by molar-refractivity contribution is -0.120. The molecule has 0 unspecified atom stereocenters. The Morgan fingerprint density at radius 1 is 0.906 bits per heavy atom. The van der Waals surface area contributed by atoms with E-state index in [0.29, 0.717) is 35.1 Å². The van der Waals surface area contributed by atoms with E-state index in [1.54, 1.807) is 15.6 Å². The highest BCUT2D eigenvalue weighted by atomic mass is 35.5. The number of fused-ring (bicyclic) bond motifs is 1. The summed E-state index contributed by atoms with van der Waals surface area (Å²) in [4.78, 5) is 57.3. The second kappa shape index (κ2) is 17.6. The molecular formula is C46H53ClN14O3. The monoisotopic (exact) mass is 884 g/mol. The molecule has 64 heavy (non-hydrogen) atoms. The van der Waals surface area contributed by atoms with Gasteiger partial charge in [-0.2, -0.15) is 9.90 Å². The Bertz CT molecular complexity index is 2680. The summed E-state index contributed by atoms with van der Waals surface area (Å²) in [6, 6.07) is 17.6. The molecular weight excluding hydrogens is 832 g/mol. The van der Waals surface area contributed by atoms with Crippen molar-refractivity contribution in [3.8, 4) is 22.5 Å². The van der Waals surface area contributed by atoms with Gasteiger partial charge in [-0.05, 0) is 112 Å². The van der Waals surface area contributed by atoms with E-state index in [-0.39, 0.29) is 23.8 Å². The first-order valence-corrected chi connectivity index (χ1v) is 22.3. The number of hydrogen-bond donors (Lipinski definition) is 2. The zero-order valence-corrected chi connectivity index (χ0v) is 37.6. The maximum absolute atomic E-state index is 13.0. The first-order chi connectivity index (χ1) is 30.8. The van der Waals surface area contributed by atoms with Crippen molar-refractivity contribution in [3.05, 3.63) is 95.2 Å². The number of aryl methyl sites for hydroxylation is 1. The summed E-state index contributed by atoms with van der Waals surface area (Å²) < 4.78 is 1.77. The first kappa shape index (κ1) is 42.8. The van der Waals surface area contributed by atoms with Crippen molar-refractivity contribution in [3.63, 3.8) is 0 Å². The molecule has 332 valence electrons. The number of carbonyl (C=O) groups is 3. The minimum Gasteiger partial charge on any atom is -0.372 e. The summed E-state index contributed by atoms with van der Waals surface area (Å²) in [6.07, 6.45) is 7.99. The third-order valence-corrected chi connectivity index (χ3v) is 12.8. The standard InChI is InChI=1S/C46H53ClN14O3/c1-29-24-32(6-12-36(29)30(2)50-44(63)43-53-55-61(54-43)46(3,4)5)41-42-37(47)26-49-60(42)28-38(51-41)33-7-13-39(48-25-33)58-22-20-56(21-23-58)27-31-14-17-57(18-15-31)34-8-10-35(11-9-34)59-19-16-40(62)52-45(59)64/h6-13,24-26,28,30-31H,14-23,27H2,1-5H3,(H,50,63)(H,52,62,64)/t30-/m1/s1. The van der Waals surface area contributed by atoms with Crippen molar-refractivity contribution in [2.24, 2.45) is 5.92 Å². The lowest BCUT2D eigenvalue weighted by atomic mass is 9.95. The third-order valence-electron chi connectivity index (χ3n) is 12.5. The summed E-state index contributed by atoms with van der Waals surface area (Å²) >= 11 is 6.69. The number of piperidine rings is 1. The molecule has 3 aliphatic rings. The van der Waals surface area contributed by atoms with Crippen LogP contribution in [0.15, 0.2) is 73.2 Å². The number of benzene rings is 2. The number of halogens is 1. The Labute approximate surface area is 376 Å². The second-order valence-corrected chi connectivity index (χ2v) is 18.4. The van der Waals surface area contributed by atoms with Gasteiger partial charge in [-0.25, -0.2) is 19.3 Å². The average Bonchev–Trinajstić information content (AvgIpc) is 3.95. The molecule has 0 aliphatic carbocycles. The summed E-state index contributed by atoms with van der Waals surface area (Å²) in [5, 5.41) is 22.7. The molecule has 1 atom stereocenters. The molecule has 0 spiro atoms. The predicted octanol–water partition coefficient (Wildman–Crippen LogP) is 6.14. The molecule has 3 fully saturated rings. The number of nitrogens with one attached hydrogen (secondary N) is 2. The molecule has 18 heteroatoms. The Morgan fingerprint density at radius 2 is 1.64 bits per heavy atom. The Balaban J connectivity index is 0.797. The number of imide groups is 1. The topological polar surface area (TPSA) is 175 Å². The smallest absolute Gasteiger partial charge is 0.328 e. The van der Waals surface area contributed by atoms with Crippen molar-refractivity contribution < 1.29 is 14.4 Å². The van der Waals surface area contributed by atoms with E-state index >= 15 is 0 Å². The van der Waals surface area contributed by atoms with Crippen molar-refractivity contribution >= 4 is 52.2 Å². The van der Waals surface area contributed by atoms with Crippen LogP contribution in [-0.4, -0.2) is 115 Å². The second-order valence-electron chi connectivity index (χ2n) is 18.0. The van der Waals surface area contributed by atoms with Gasteiger partial charge in [-0.3, -0.25) is 24.7 Å². The number of nitrogens with zero attached hydrogens (tertiary/aromatic N) is 12. The van der Waals surface area contributed by atoms with Gasteiger partial charge in [-0.1, -0.05) is 23.7 Å². The number of anilines is 3. The molecule has 17 nitrogen and oxygen atoms in total. The fourth-order valence-corrected chi connectivity index (χ4v) is 9.05. The SMILES string of the molecule is Cc1cc(-c2nc(-c3ccc(N4CCN(CC5CCN(c6ccc(N7CCC(=O)NC7=O)cc6)CC5)CC4)nc3)cn3ncc(Cl)c23)ccc1[C@@H](C)NC(=O)c1nnn(C(C)(C)C)n1. The molecule has 9 rings (SSSR count). The summed E-state index contributed by atoms with van der Waals surface area (Å²) in [7, 11) is 0. The number of hydrogen-bond acceptors (Lipinski definition) is 12. The molecule has 7 heterocycles. The molecule has 3 aliphatic heterocycles. The van der Waals surface area contributed by atoms with Gasteiger partial charge in [0.05, 0.1) is 40.4 Å². The minimum atomic E-state index is -0.395. The van der Waals surface area contributed by atoms with Crippen molar-refractivity contribution in [2.45, 2.75) is 65.5 Å². The van der Waals surface area contributed by atoms with E-state index in [1.165, 1.54) is 10.5 Å². The molecule has 2 N–H and O–H groups in total. The Hall–Kier alpha value is -6.46. The third kappa shape index (κ3) is 8.99. The van der Waals surface area contributed by atoms with Crippen molar-refractivity contribution in [2.75, 3.05) is 67.1 Å². The van der Waals surface area contributed by atoms with Crippen LogP contribution in [0.25, 0.3) is 28.0 Å². The highest BCUT2D eigenvalue weighted by Gasteiger charge is 2.28. The first-order valence-electron chi connectivity index (χ1n) is 21.9. The van der Waals surface area contributed by atoms with Gasteiger partial charge in [0.1, 0.15) is 11.3 Å². The van der Waals surface area contributed by atoms with Crippen molar-refractivity contribution in [1.82, 2.24) is 55.3 Å². The van der Waals surface area contributed by atoms with Crippen molar-refractivity contribution in [1.29, 1.82) is 0 Å². The molecule has 2 aromatic carbocycles. The van der Waals surface area contributed by atoms with Crippen LogP contribution in [0.3, 0.4) is 0 Å². The number of tetrazole rings is 1. The minimum absolute atomic E-state index is 0.0227. The normalized spacial score (nSPS) is 17.2. The highest BCUT2D eigenvalue weighted by molar-refractivity contribution is 6.34. The maximum Gasteiger partial charge on any atom is 0.328 e. The predicted molar refractivity (Wildman–Crippen MR) is 246 cm³/mol. The van der Waals surface area contributed by atoms with E-state index in [9.17, 15) is 14.4 Å². The number of rotatable bonds is 10. The van der Waals surface area contributed by atoms with E-state index < -0.39 is 11.4 Å². The quantitative estimate of drug-likeness (QED) is 0.161. The molecule has 0 bridgehead atoms. The lowest BCUT2D eigenvalue weighted by Gasteiger charge is -2.39. The van der Waals surface area contributed by atoms with Gasteiger partial charge in [0.2, 0.25) is 5.91 Å². The van der Waals surface area contributed by atoms with Crippen LogP contribution < -0.4 is 25.3 Å². The summed E-state index contributed by atoms with van der Waals surface area (Å²) in [5.74, 6) is 1.00. The highest BCUT2D eigenvalue weighted by Crippen LogP contribution is 2.34. The number of amides is 4. The molecule has 0 radical (unpaired) electrons. The number of aromatic nitrogens is 8. The Morgan fingerprint density at radius 3 is 2.31 bits per heavy atom. The van der Waals surface area contributed by atoms with Gasteiger partial charge >= 0.3 is 6.03 Å². The van der Waals surface area contributed by atoms with Crippen LogP contribution in [0.5, 0.6) is 0 Å². The van der Waals surface area contributed by atoms with E-state index in [2.05, 4.69) is 76.2 Å². The number of urea groups is 1. The molecule has 4 aromatic heterocycles. The molecule has 0 saturated carbocycles. The van der Waals surface area contributed by atoms with Crippen LogP contribution in [0.4, 0.5) is 22.0 Å². The van der Waals surface area contributed by atoms with Gasteiger partial charge < -0.3 is 15.1 Å². The van der Waals surface area contributed by atoms with Gasteiger partial charge in [-0.15, -0.1) is 10.2 Å². The largest absolute Gasteiger partial charge is 0.372 e. The zero-order valence-electron chi connectivity index (χ0n) is 36.8. The van der Waals surface area contributed by atoms with E-state index in [0.717, 1.165) is 98.1 Å². The summed E-state index contributed by atoms with van der Waals surface area (Å²) in [5.41, 5.74) is 7.36. The van der Waals surface area contributed by atoms with E-state index in [4.69, 9.17) is 21.6 Å². The van der Waals surface area contributed by atoms with Gasteiger partial charge in [0.15, 0.2) is 0 Å². The van der Waals surface area contributed by atoms with Crippen LogP contribution >= 0.6 is 11.6 Å². The number of carbonyl (C=O) groups excluding carboxylic acids is 3. The van der Waals surface area contributed by atoms with Gasteiger partial charge in [0.25, 0.3) is 11.7 Å². The molecule has 6 aromatic rings. The zero-order chi connectivity index (χ0) is 44.7. The van der Waals surface area contributed by atoms with Crippen LogP contribution in [0, 0.1) is 12.8 Å². The van der Waals surface area contributed by atoms with Crippen LogP contribution in [0.1, 0.15) is 74.7 Å². The molecule has 4 amide bonds. The number of piperazine rings is 1. The Kier molecular flexibility index (Phi) is 11.8. The fraction of sp³-hybridized carbons (Fsp3) is 0.413. The van der Waals surface area contributed by atoms with Crippen LogP contribution in [0.2, 0.25) is 5.02 Å². The average molecular weight is 885 g/mol. The molecule has 3 saturated heterocycles. The van der Waals surface area contributed by atoms with Gasteiger partial charge in [0, 0.05) is 87.5 Å². The number of pyridine rings is 1. The fourth-order valence-electron chi connectivity index (χ4n) is 8.83. The maximum atomic E-state index is 13.0. The van der Waals surface area contributed by atoms with Crippen LogP contribution in [-0.2, 0) is 10.3 Å². The van der Waals surface area contributed by atoms with E-state index in [1.807, 2.05) is 71.3 Å². The summed E-state index contributed by atoms with van der Waals surface area (Å²) in [6.45, 7) is 17.1.